The van der Waals surface area contributed by atoms with Gasteiger partial charge < -0.3 is 10.6 Å². The maximum absolute atomic E-state index is 14.6. The zero-order valence-corrected chi connectivity index (χ0v) is 17.6. The third-order valence-corrected chi connectivity index (χ3v) is 5.40. The van der Waals surface area contributed by atoms with Crippen molar-refractivity contribution in [1.82, 2.24) is 15.1 Å². The third-order valence-electron chi connectivity index (χ3n) is 5.40. The fourth-order valence-electron chi connectivity index (χ4n) is 4.24. The molecule has 2 unspecified atom stereocenters. The average molecular weight is 442 g/mol. The molecule has 1 aromatic carbocycles. The first-order valence-corrected chi connectivity index (χ1v) is 8.48. The normalized spacial score (nSPS) is 23.0. The molecule has 1 saturated carbocycles. The summed E-state index contributed by atoms with van der Waals surface area (Å²) in [5.74, 6) is -0.289. The fourth-order valence-corrected chi connectivity index (χ4v) is 4.24. The van der Waals surface area contributed by atoms with Crippen LogP contribution in [0.1, 0.15) is 18.5 Å². The molecule has 4 nitrogen and oxygen atoms in total. The molecule has 2 atom stereocenters. The molecular formula is C18H25Cl3F2N4. The number of anilines is 1. The van der Waals surface area contributed by atoms with Gasteiger partial charge in [0.05, 0.1) is 11.4 Å². The van der Waals surface area contributed by atoms with Crippen LogP contribution in [-0.4, -0.2) is 28.9 Å². The summed E-state index contributed by atoms with van der Waals surface area (Å²) in [6, 6.07) is 3.51. The summed E-state index contributed by atoms with van der Waals surface area (Å²) >= 11 is 0. The van der Waals surface area contributed by atoms with Gasteiger partial charge in [-0.3, -0.25) is 4.68 Å². The van der Waals surface area contributed by atoms with Crippen molar-refractivity contribution >= 4 is 42.9 Å². The van der Waals surface area contributed by atoms with Crippen LogP contribution < -0.4 is 10.6 Å². The second kappa shape index (κ2) is 9.41. The number of nitrogens with zero attached hydrogens (tertiary/aromatic N) is 2. The summed E-state index contributed by atoms with van der Waals surface area (Å²) in [6.07, 6.45) is 3.75. The Morgan fingerprint density at radius 2 is 1.67 bits per heavy atom. The smallest absolute Gasteiger partial charge is 0.182 e. The van der Waals surface area contributed by atoms with Gasteiger partial charge in [0.15, 0.2) is 11.6 Å². The Labute approximate surface area is 176 Å². The van der Waals surface area contributed by atoms with E-state index >= 15 is 0 Å². The SMILES string of the molecule is Cc1nn(C)cc1-c1ccc(NC2CC3CNCC3C2)c(F)c1F.Cl.Cl.Cl. The van der Waals surface area contributed by atoms with E-state index in [4.69, 9.17) is 0 Å². The molecule has 9 heteroatoms. The molecule has 1 aliphatic heterocycles. The van der Waals surface area contributed by atoms with E-state index in [-0.39, 0.29) is 54.5 Å². The standard InChI is InChI=1S/C18H22F2N4.3ClH/c1-10-15(9-24(2)23-10)14-3-4-16(18(20)17(14)19)22-13-5-11-7-21-8-12(11)6-13;;;/h3-4,9,11-13,21-22H,5-8H2,1-2H3;3*1H. The van der Waals surface area contributed by atoms with E-state index in [0.717, 1.165) is 25.9 Å². The lowest BCUT2D eigenvalue weighted by molar-refractivity contribution is 0.494. The van der Waals surface area contributed by atoms with Crippen molar-refractivity contribution in [1.29, 1.82) is 0 Å². The number of hydrogen-bond acceptors (Lipinski definition) is 3. The number of aryl methyl sites for hydroxylation is 2. The number of benzene rings is 1. The van der Waals surface area contributed by atoms with Gasteiger partial charge in [0, 0.05) is 30.4 Å². The zero-order valence-electron chi connectivity index (χ0n) is 15.2. The summed E-state index contributed by atoms with van der Waals surface area (Å²) in [6.45, 7) is 3.88. The summed E-state index contributed by atoms with van der Waals surface area (Å²) in [4.78, 5) is 0. The van der Waals surface area contributed by atoms with Crippen molar-refractivity contribution in [3.63, 3.8) is 0 Å². The van der Waals surface area contributed by atoms with Gasteiger partial charge in [-0.05, 0) is 56.8 Å². The molecule has 0 radical (unpaired) electrons. The largest absolute Gasteiger partial charge is 0.380 e. The molecule has 1 saturated heterocycles. The van der Waals surface area contributed by atoms with Crippen LogP contribution in [0.2, 0.25) is 0 Å². The second-order valence-electron chi connectivity index (χ2n) is 7.08. The summed E-state index contributed by atoms with van der Waals surface area (Å²) in [5, 5.41) is 10.8. The van der Waals surface area contributed by atoms with Crippen LogP contribution in [0, 0.1) is 30.4 Å². The van der Waals surface area contributed by atoms with Gasteiger partial charge >= 0.3 is 0 Å². The molecule has 0 amide bonds. The molecule has 152 valence electrons. The molecule has 1 aliphatic carbocycles. The Bertz CT molecular complexity index is 772. The Morgan fingerprint density at radius 1 is 1.04 bits per heavy atom. The molecule has 27 heavy (non-hydrogen) atoms. The maximum Gasteiger partial charge on any atom is 0.182 e. The molecular weight excluding hydrogens is 417 g/mol. The molecule has 0 spiro atoms. The zero-order chi connectivity index (χ0) is 16.8. The lowest BCUT2D eigenvalue weighted by Gasteiger charge is -2.17. The number of aromatic nitrogens is 2. The molecule has 2 heterocycles. The predicted molar refractivity (Wildman–Crippen MR) is 112 cm³/mol. The van der Waals surface area contributed by atoms with E-state index in [9.17, 15) is 8.78 Å². The summed E-state index contributed by atoms with van der Waals surface area (Å²) in [5.41, 5.74) is 1.83. The van der Waals surface area contributed by atoms with Crippen LogP contribution in [0.4, 0.5) is 14.5 Å². The Hall–Kier alpha value is -1.08. The maximum atomic E-state index is 14.6. The highest BCUT2D eigenvalue weighted by atomic mass is 35.5. The summed E-state index contributed by atoms with van der Waals surface area (Å²) in [7, 11) is 1.77. The van der Waals surface area contributed by atoms with Gasteiger partial charge in [0.25, 0.3) is 0 Å². The van der Waals surface area contributed by atoms with E-state index in [2.05, 4.69) is 15.7 Å². The highest BCUT2D eigenvalue weighted by Gasteiger charge is 2.37. The number of nitrogens with one attached hydrogen (secondary N) is 2. The quantitative estimate of drug-likeness (QED) is 0.744. The lowest BCUT2D eigenvalue weighted by Crippen LogP contribution is -2.21. The Morgan fingerprint density at radius 3 is 2.22 bits per heavy atom. The third kappa shape index (κ3) is 4.50. The topological polar surface area (TPSA) is 41.9 Å². The van der Waals surface area contributed by atoms with Crippen LogP contribution in [0.5, 0.6) is 0 Å². The summed E-state index contributed by atoms with van der Waals surface area (Å²) < 4.78 is 30.7. The van der Waals surface area contributed by atoms with Crippen LogP contribution >= 0.6 is 37.2 Å². The van der Waals surface area contributed by atoms with Gasteiger partial charge in [-0.2, -0.15) is 5.10 Å². The first kappa shape index (κ1) is 24.0. The van der Waals surface area contributed by atoms with Gasteiger partial charge in [0.1, 0.15) is 0 Å². The second-order valence-corrected chi connectivity index (χ2v) is 7.08. The number of hydrogen-bond donors (Lipinski definition) is 2. The minimum absolute atomic E-state index is 0. The van der Waals surface area contributed by atoms with Crippen molar-refractivity contribution in [3.8, 4) is 11.1 Å². The molecule has 1 aromatic heterocycles. The Balaban J connectivity index is 0.00000121. The van der Waals surface area contributed by atoms with Crippen molar-refractivity contribution in [3.05, 3.63) is 35.7 Å². The van der Waals surface area contributed by atoms with Crippen LogP contribution in [-0.2, 0) is 7.05 Å². The van der Waals surface area contributed by atoms with E-state index in [1.165, 1.54) is 0 Å². The Kier molecular flexibility index (Phi) is 8.35. The fraction of sp³-hybridized carbons (Fsp3) is 0.500. The molecule has 2 aliphatic rings. The number of fused-ring (bicyclic) bond motifs is 1. The number of halogens is 5. The molecule has 2 N–H and O–H groups in total. The molecule has 0 bridgehead atoms. The van der Waals surface area contributed by atoms with E-state index in [1.54, 1.807) is 37.0 Å². The van der Waals surface area contributed by atoms with Crippen LogP contribution in [0.15, 0.2) is 18.3 Å². The first-order chi connectivity index (χ1) is 11.5. The van der Waals surface area contributed by atoms with Gasteiger partial charge in [-0.25, -0.2) is 8.78 Å². The molecule has 2 fully saturated rings. The minimum atomic E-state index is -0.809. The predicted octanol–water partition coefficient (Wildman–Crippen LogP) is 4.35. The highest BCUT2D eigenvalue weighted by Crippen LogP contribution is 2.37. The first-order valence-electron chi connectivity index (χ1n) is 8.48. The number of rotatable bonds is 3. The lowest BCUT2D eigenvalue weighted by atomic mass is 10.0. The highest BCUT2D eigenvalue weighted by molar-refractivity contribution is 5.86. The minimum Gasteiger partial charge on any atom is -0.380 e. The van der Waals surface area contributed by atoms with Crippen molar-refractivity contribution in [2.24, 2.45) is 18.9 Å². The monoisotopic (exact) mass is 440 g/mol. The van der Waals surface area contributed by atoms with Crippen LogP contribution in [0.25, 0.3) is 11.1 Å². The van der Waals surface area contributed by atoms with E-state index in [1.807, 2.05) is 0 Å². The van der Waals surface area contributed by atoms with Gasteiger partial charge in [-0.1, -0.05) is 0 Å². The van der Waals surface area contributed by atoms with E-state index in [0.29, 0.717) is 23.1 Å². The van der Waals surface area contributed by atoms with Crippen molar-refractivity contribution < 1.29 is 8.78 Å². The van der Waals surface area contributed by atoms with Gasteiger partial charge in [-0.15, -0.1) is 37.2 Å². The van der Waals surface area contributed by atoms with Crippen molar-refractivity contribution in [2.45, 2.75) is 25.8 Å². The van der Waals surface area contributed by atoms with E-state index < -0.39 is 11.6 Å². The van der Waals surface area contributed by atoms with Gasteiger partial charge in [0.2, 0.25) is 0 Å². The van der Waals surface area contributed by atoms with Crippen molar-refractivity contribution in [2.75, 3.05) is 18.4 Å². The molecule has 2 aromatic rings. The average Bonchev–Trinajstić information content (AvgIpc) is 3.19. The van der Waals surface area contributed by atoms with Crippen LogP contribution in [0.3, 0.4) is 0 Å². The molecule has 4 rings (SSSR count).